The lowest BCUT2D eigenvalue weighted by molar-refractivity contribution is 0.0542. The SMILES string of the molecule is CCCCc1ccc(CO[C@@H]2CCNC2)cc1. The zero-order valence-corrected chi connectivity index (χ0v) is 10.7. The smallest absolute Gasteiger partial charge is 0.0721 e. The summed E-state index contributed by atoms with van der Waals surface area (Å²) in [6, 6.07) is 8.88. The van der Waals surface area contributed by atoms with E-state index in [0.717, 1.165) is 26.1 Å². The van der Waals surface area contributed by atoms with Crippen LogP contribution in [0, 0.1) is 0 Å². The lowest BCUT2D eigenvalue weighted by Crippen LogP contribution is -2.16. The molecule has 0 radical (unpaired) electrons. The van der Waals surface area contributed by atoms with Crippen molar-refractivity contribution < 1.29 is 4.74 Å². The molecule has 1 N–H and O–H groups in total. The minimum Gasteiger partial charge on any atom is -0.372 e. The summed E-state index contributed by atoms with van der Waals surface area (Å²) in [7, 11) is 0. The van der Waals surface area contributed by atoms with Crippen molar-refractivity contribution in [1.82, 2.24) is 5.32 Å². The van der Waals surface area contributed by atoms with Crippen molar-refractivity contribution in [3.63, 3.8) is 0 Å². The number of benzene rings is 1. The zero-order valence-electron chi connectivity index (χ0n) is 10.7. The summed E-state index contributed by atoms with van der Waals surface area (Å²) in [5.74, 6) is 0. The Hall–Kier alpha value is -0.860. The molecule has 17 heavy (non-hydrogen) atoms. The van der Waals surface area contributed by atoms with Gasteiger partial charge < -0.3 is 10.1 Å². The van der Waals surface area contributed by atoms with Crippen LogP contribution in [0.25, 0.3) is 0 Å². The molecule has 1 fully saturated rings. The van der Waals surface area contributed by atoms with Crippen LogP contribution in [0.4, 0.5) is 0 Å². The third kappa shape index (κ3) is 4.14. The fourth-order valence-corrected chi connectivity index (χ4v) is 2.17. The lowest BCUT2D eigenvalue weighted by Gasteiger charge is -2.10. The number of unbranched alkanes of at least 4 members (excludes halogenated alkanes) is 1. The molecule has 0 saturated carbocycles. The topological polar surface area (TPSA) is 21.3 Å². The second-order valence-corrected chi connectivity index (χ2v) is 4.85. The molecule has 2 nitrogen and oxygen atoms in total. The Kier molecular flexibility index (Phi) is 5.02. The molecule has 1 heterocycles. The van der Waals surface area contributed by atoms with Crippen LogP contribution in [-0.2, 0) is 17.8 Å². The van der Waals surface area contributed by atoms with E-state index in [9.17, 15) is 0 Å². The van der Waals surface area contributed by atoms with Gasteiger partial charge in [-0.3, -0.25) is 0 Å². The summed E-state index contributed by atoms with van der Waals surface area (Å²) in [4.78, 5) is 0. The predicted octanol–water partition coefficient (Wildman–Crippen LogP) is 2.91. The second kappa shape index (κ2) is 6.77. The van der Waals surface area contributed by atoms with Crippen molar-refractivity contribution in [2.45, 2.75) is 45.3 Å². The van der Waals surface area contributed by atoms with Crippen LogP contribution in [0.3, 0.4) is 0 Å². The van der Waals surface area contributed by atoms with Gasteiger partial charge in [-0.05, 0) is 36.9 Å². The van der Waals surface area contributed by atoms with Gasteiger partial charge in [0, 0.05) is 6.54 Å². The number of hydrogen-bond donors (Lipinski definition) is 1. The number of hydrogen-bond acceptors (Lipinski definition) is 2. The maximum absolute atomic E-state index is 5.85. The molecule has 2 heteroatoms. The maximum atomic E-state index is 5.85. The fraction of sp³-hybridized carbons (Fsp3) is 0.600. The quantitative estimate of drug-likeness (QED) is 0.815. The number of nitrogens with one attached hydrogen (secondary N) is 1. The molecule has 1 aromatic rings. The minimum absolute atomic E-state index is 0.412. The van der Waals surface area contributed by atoms with Gasteiger partial charge in [-0.2, -0.15) is 0 Å². The molecule has 1 aliphatic rings. The van der Waals surface area contributed by atoms with Gasteiger partial charge in [-0.1, -0.05) is 37.6 Å². The van der Waals surface area contributed by atoms with Crippen molar-refractivity contribution in [2.24, 2.45) is 0 Å². The van der Waals surface area contributed by atoms with Gasteiger partial charge in [0.15, 0.2) is 0 Å². The summed E-state index contributed by atoms with van der Waals surface area (Å²) >= 11 is 0. The Morgan fingerprint density at radius 1 is 1.24 bits per heavy atom. The van der Waals surface area contributed by atoms with Crippen LogP contribution in [0.15, 0.2) is 24.3 Å². The van der Waals surface area contributed by atoms with E-state index in [1.165, 1.54) is 30.4 Å². The maximum Gasteiger partial charge on any atom is 0.0721 e. The molecular formula is C15H23NO. The molecule has 1 aliphatic heterocycles. The predicted molar refractivity (Wildman–Crippen MR) is 71.1 cm³/mol. The molecule has 2 rings (SSSR count). The first kappa shape index (κ1) is 12.6. The van der Waals surface area contributed by atoms with E-state index in [-0.39, 0.29) is 0 Å². The van der Waals surface area contributed by atoms with Crippen LogP contribution in [0.2, 0.25) is 0 Å². The molecule has 1 saturated heterocycles. The highest BCUT2D eigenvalue weighted by atomic mass is 16.5. The third-order valence-corrected chi connectivity index (χ3v) is 3.34. The van der Waals surface area contributed by atoms with Crippen molar-refractivity contribution in [3.8, 4) is 0 Å². The standard InChI is InChI=1S/C15H23NO/c1-2-3-4-13-5-7-14(8-6-13)12-17-15-9-10-16-11-15/h5-8,15-16H,2-4,9-12H2,1H3/t15-/m1/s1. The largest absolute Gasteiger partial charge is 0.372 e. The van der Waals surface area contributed by atoms with Crippen LogP contribution in [-0.4, -0.2) is 19.2 Å². The Morgan fingerprint density at radius 3 is 2.65 bits per heavy atom. The molecule has 0 amide bonds. The van der Waals surface area contributed by atoms with E-state index in [1.54, 1.807) is 0 Å². The van der Waals surface area contributed by atoms with E-state index in [2.05, 4.69) is 36.5 Å². The van der Waals surface area contributed by atoms with Gasteiger partial charge in [0.05, 0.1) is 12.7 Å². The lowest BCUT2D eigenvalue weighted by atomic mass is 10.1. The van der Waals surface area contributed by atoms with Gasteiger partial charge in [0.2, 0.25) is 0 Å². The van der Waals surface area contributed by atoms with E-state index in [4.69, 9.17) is 4.74 Å². The Morgan fingerprint density at radius 2 is 2.00 bits per heavy atom. The number of rotatable bonds is 6. The highest BCUT2D eigenvalue weighted by Gasteiger charge is 2.14. The molecule has 0 aliphatic carbocycles. The molecule has 0 aromatic heterocycles. The number of ether oxygens (including phenoxy) is 1. The summed E-state index contributed by atoms with van der Waals surface area (Å²) in [6.07, 6.45) is 5.30. The van der Waals surface area contributed by atoms with Gasteiger partial charge in [0.1, 0.15) is 0 Å². The van der Waals surface area contributed by atoms with E-state index >= 15 is 0 Å². The first-order chi connectivity index (χ1) is 8.38. The van der Waals surface area contributed by atoms with Gasteiger partial charge in [-0.25, -0.2) is 0 Å². The first-order valence-electron chi connectivity index (χ1n) is 6.78. The van der Waals surface area contributed by atoms with Gasteiger partial charge in [0.25, 0.3) is 0 Å². The molecule has 1 aromatic carbocycles. The summed E-state index contributed by atoms with van der Waals surface area (Å²) in [5, 5.41) is 3.32. The molecular weight excluding hydrogens is 210 g/mol. The Balaban J connectivity index is 1.76. The minimum atomic E-state index is 0.412. The molecule has 0 unspecified atom stereocenters. The zero-order chi connectivity index (χ0) is 11.9. The highest BCUT2D eigenvalue weighted by Crippen LogP contribution is 2.11. The van der Waals surface area contributed by atoms with Crippen LogP contribution >= 0.6 is 0 Å². The summed E-state index contributed by atoms with van der Waals surface area (Å²) < 4.78 is 5.85. The van der Waals surface area contributed by atoms with E-state index in [0.29, 0.717) is 6.10 Å². The average Bonchev–Trinajstić information content (AvgIpc) is 2.88. The van der Waals surface area contributed by atoms with Crippen LogP contribution in [0.5, 0.6) is 0 Å². The summed E-state index contributed by atoms with van der Waals surface area (Å²) in [5.41, 5.74) is 2.73. The van der Waals surface area contributed by atoms with Crippen molar-refractivity contribution in [3.05, 3.63) is 35.4 Å². The van der Waals surface area contributed by atoms with Crippen LogP contribution < -0.4 is 5.32 Å². The third-order valence-electron chi connectivity index (χ3n) is 3.34. The molecule has 0 spiro atoms. The average molecular weight is 233 g/mol. The molecule has 1 atom stereocenters. The van der Waals surface area contributed by atoms with Gasteiger partial charge >= 0.3 is 0 Å². The normalized spacial score (nSPS) is 19.7. The van der Waals surface area contributed by atoms with Crippen molar-refractivity contribution >= 4 is 0 Å². The Labute approximate surface area is 104 Å². The second-order valence-electron chi connectivity index (χ2n) is 4.85. The summed E-state index contributed by atoms with van der Waals surface area (Å²) in [6.45, 7) is 5.09. The van der Waals surface area contributed by atoms with Crippen molar-refractivity contribution in [1.29, 1.82) is 0 Å². The van der Waals surface area contributed by atoms with E-state index in [1.807, 2.05) is 0 Å². The van der Waals surface area contributed by atoms with Crippen LogP contribution in [0.1, 0.15) is 37.3 Å². The molecule has 0 bridgehead atoms. The molecule has 94 valence electrons. The van der Waals surface area contributed by atoms with Crippen molar-refractivity contribution in [2.75, 3.05) is 13.1 Å². The first-order valence-corrected chi connectivity index (χ1v) is 6.78. The monoisotopic (exact) mass is 233 g/mol. The Bertz CT molecular complexity index is 314. The number of aryl methyl sites for hydroxylation is 1. The van der Waals surface area contributed by atoms with E-state index < -0.39 is 0 Å². The highest BCUT2D eigenvalue weighted by molar-refractivity contribution is 5.22. The van der Waals surface area contributed by atoms with Gasteiger partial charge in [-0.15, -0.1) is 0 Å². The fourth-order valence-electron chi connectivity index (χ4n) is 2.17.